The summed E-state index contributed by atoms with van der Waals surface area (Å²) in [5, 5.41) is 9.29. The highest BCUT2D eigenvalue weighted by molar-refractivity contribution is 7.99. The first-order chi connectivity index (χ1) is 13.2. The maximum absolute atomic E-state index is 14.0. The van der Waals surface area contributed by atoms with Gasteiger partial charge in [-0.3, -0.25) is 9.36 Å². The molecule has 0 unspecified atom stereocenters. The smallest absolute Gasteiger partial charge is 0.196 e. The van der Waals surface area contributed by atoms with E-state index in [1.54, 1.807) is 29.0 Å². The van der Waals surface area contributed by atoms with Crippen molar-refractivity contribution in [2.24, 2.45) is 0 Å². The van der Waals surface area contributed by atoms with E-state index >= 15 is 0 Å². The van der Waals surface area contributed by atoms with Gasteiger partial charge in [0.05, 0.1) is 11.4 Å². The van der Waals surface area contributed by atoms with Crippen LogP contribution in [0.15, 0.2) is 60.1 Å². The maximum atomic E-state index is 14.0. The quantitative estimate of drug-likeness (QED) is 0.397. The molecule has 0 radical (unpaired) electrons. The Morgan fingerprint density at radius 2 is 2.07 bits per heavy atom. The van der Waals surface area contributed by atoms with E-state index in [1.807, 2.05) is 12.1 Å². The molecule has 0 aliphatic heterocycles. The first-order valence-corrected chi connectivity index (χ1v) is 9.57. The van der Waals surface area contributed by atoms with Gasteiger partial charge in [-0.25, -0.2) is 4.39 Å². The number of para-hydroxylation sites is 2. The van der Waals surface area contributed by atoms with Crippen molar-refractivity contribution in [2.45, 2.75) is 18.5 Å². The molecule has 0 fully saturated rings. The van der Waals surface area contributed by atoms with Crippen molar-refractivity contribution >= 4 is 28.4 Å². The number of thioether (sulfide) groups is 1. The van der Waals surface area contributed by atoms with Crippen LogP contribution >= 0.6 is 11.8 Å². The molecule has 0 atom stereocenters. The lowest BCUT2D eigenvalue weighted by molar-refractivity contribution is 0.102. The number of benzene rings is 2. The number of aryl methyl sites for hydroxylation is 1. The fraction of sp³-hybridized carbons (Fsp3) is 0.150. The van der Waals surface area contributed by atoms with E-state index in [1.165, 1.54) is 29.7 Å². The number of ketones is 1. The normalized spacial score (nSPS) is 11.2. The van der Waals surface area contributed by atoms with E-state index in [0.717, 1.165) is 17.3 Å². The molecule has 0 aliphatic rings. The summed E-state index contributed by atoms with van der Waals surface area (Å²) >= 11 is 1.24. The molecular formula is C20H17FN4OS. The number of nitrogens with zero attached hydrogens (tertiary/aromatic N) is 3. The van der Waals surface area contributed by atoms with E-state index < -0.39 is 0 Å². The van der Waals surface area contributed by atoms with Crippen molar-refractivity contribution < 1.29 is 9.18 Å². The Bertz CT molecular complexity index is 1120. The first kappa shape index (κ1) is 17.5. The van der Waals surface area contributed by atoms with Gasteiger partial charge in [0, 0.05) is 22.7 Å². The van der Waals surface area contributed by atoms with Gasteiger partial charge in [0.1, 0.15) is 12.1 Å². The van der Waals surface area contributed by atoms with E-state index in [-0.39, 0.29) is 17.4 Å². The number of rotatable bonds is 6. The van der Waals surface area contributed by atoms with Crippen molar-refractivity contribution in [3.63, 3.8) is 0 Å². The van der Waals surface area contributed by atoms with Gasteiger partial charge in [-0.2, -0.15) is 0 Å². The topological polar surface area (TPSA) is 63.6 Å². The zero-order valence-electron chi connectivity index (χ0n) is 14.6. The molecular weight excluding hydrogens is 363 g/mol. The minimum atomic E-state index is -0.366. The number of hydrogen-bond donors (Lipinski definition) is 1. The molecule has 0 bridgehead atoms. The van der Waals surface area contributed by atoms with Gasteiger partial charge in [0.25, 0.3) is 0 Å². The average Bonchev–Trinajstić information content (AvgIpc) is 3.33. The number of hydrogen-bond acceptors (Lipinski definition) is 4. The van der Waals surface area contributed by atoms with Crippen molar-refractivity contribution in [2.75, 3.05) is 5.75 Å². The third-order valence-electron chi connectivity index (χ3n) is 4.44. The molecule has 0 saturated heterocycles. The number of halogens is 1. The second-order valence-electron chi connectivity index (χ2n) is 6.04. The van der Waals surface area contributed by atoms with Gasteiger partial charge in [0.2, 0.25) is 0 Å². The minimum absolute atomic E-state index is 0.0115. The standard InChI is InChI=1S/C20H17FN4OS/c1-2-13-6-5-7-14-15(10-22-19(13)14)18(26)11-27-20-24-23-12-25(20)17-9-4-3-8-16(17)21/h3-10,12,22H,2,11H2,1H3. The summed E-state index contributed by atoms with van der Waals surface area (Å²) in [5.74, 6) is -0.187. The Hall–Kier alpha value is -2.93. The molecule has 4 rings (SSSR count). The van der Waals surface area contributed by atoms with Crippen LogP contribution in [0.25, 0.3) is 16.6 Å². The number of aromatic nitrogens is 4. The van der Waals surface area contributed by atoms with Crippen molar-refractivity contribution in [1.29, 1.82) is 0 Å². The van der Waals surface area contributed by atoms with E-state index in [2.05, 4.69) is 28.2 Å². The van der Waals surface area contributed by atoms with E-state index in [9.17, 15) is 9.18 Å². The number of nitrogens with one attached hydrogen (secondary N) is 1. The lowest BCUT2D eigenvalue weighted by atomic mass is 10.1. The number of carbonyl (C=O) groups excluding carboxylic acids is 1. The molecule has 4 aromatic rings. The lowest BCUT2D eigenvalue weighted by Crippen LogP contribution is -2.04. The Labute approximate surface area is 159 Å². The van der Waals surface area contributed by atoms with Gasteiger partial charge in [-0.1, -0.05) is 49.0 Å². The first-order valence-electron chi connectivity index (χ1n) is 8.59. The Morgan fingerprint density at radius 1 is 1.22 bits per heavy atom. The molecule has 5 nitrogen and oxygen atoms in total. The Kier molecular flexibility index (Phi) is 4.77. The summed E-state index contributed by atoms with van der Waals surface area (Å²) in [6.07, 6.45) is 4.10. The van der Waals surface area contributed by atoms with Gasteiger partial charge in [0.15, 0.2) is 10.9 Å². The summed E-state index contributed by atoms with van der Waals surface area (Å²) in [6, 6.07) is 12.4. The number of Topliss-reactive ketones (excluding diaryl/α,β-unsaturated/α-hetero) is 1. The molecule has 136 valence electrons. The van der Waals surface area contributed by atoms with Crippen molar-refractivity contribution in [1.82, 2.24) is 19.7 Å². The molecule has 0 spiro atoms. The van der Waals surface area contributed by atoms with Crippen LogP contribution in [0.5, 0.6) is 0 Å². The third-order valence-corrected chi connectivity index (χ3v) is 5.39. The zero-order chi connectivity index (χ0) is 18.8. The van der Waals surface area contributed by atoms with Crippen LogP contribution in [-0.2, 0) is 6.42 Å². The number of aromatic amines is 1. The van der Waals surface area contributed by atoms with Crippen LogP contribution in [0.3, 0.4) is 0 Å². The molecule has 0 amide bonds. The second-order valence-corrected chi connectivity index (χ2v) is 6.98. The summed E-state index contributed by atoms with van der Waals surface area (Å²) < 4.78 is 15.6. The monoisotopic (exact) mass is 380 g/mol. The van der Waals surface area contributed by atoms with Crippen LogP contribution in [-0.4, -0.2) is 31.3 Å². The highest BCUT2D eigenvalue weighted by Crippen LogP contribution is 2.26. The van der Waals surface area contributed by atoms with E-state index in [4.69, 9.17) is 0 Å². The van der Waals surface area contributed by atoms with Crippen LogP contribution in [0.4, 0.5) is 4.39 Å². The summed E-state index contributed by atoms with van der Waals surface area (Å²) in [7, 11) is 0. The summed E-state index contributed by atoms with van der Waals surface area (Å²) in [6.45, 7) is 2.09. The van der Waals surface area contributed by atoms with Gasteiger partial charge < -0.3 is 4.98 Å². The third kappa shape index (κ3) is 3.26. The van der Waals surface area contributed by atoms with Gasteiger partial charge in [-0.05, 0) is 24.1 Å². The Morgan fingerprint density at radius 3 is 2.89 bits per heavy atom. The van der Waals surface area contributed by atoms with Crippen molar-refractivity contribution in [3.8, 4) is 5.69 Å². The average molecular weight is 380 g/mol. The SMILES string of the molecule is CCc1cccc2c(C(=O)CSc3nncn3-c3ccccc3F)c[nH]c12. The van der Waals surface area contributed by atoms with Crippen molar-refractivity contribution in [3.05, 3.63) is 71.9 Å². The van der Waals surface area contributed by atoms with Gasteiger partial charge >= 0.3 is 0 Å². The molecule has 0 aliphatic carbocycles. The molecule has 2 aromatic carbocycles. The Balaban J connectivity index is 1.56. The largest absolute Gasteiger partial charge is 0.360 e. The zero-order valence-corrected chi connectivity index (χ0v) is 15.5. The highest BCUT2D eigenvalue weighted by atomic mass is 32.2. The summed E-state index contributed by atoms with van der Waals surface area (Å²) in [4.78, 5) is 16.0. The predicted molar refractivity (Wildman–Crippen MR) is 104 cm³/mol. The molecule has 27 heavy (non-hydrogen) atoms. The molecule has 7 heteroatoms. The maximum Gasteiger partial charge on any atom is 0.196 e. The van der Waals surface area contributed by atoms with Crippen LogP contribution in [0.1, 0.15) is 22.8 Å². The highest BCUT2D eigenvalue weighted by Gasteiger charge is 2.16. The van der Waals surface area contributed by atoms with E-state index in [0.29, 0.717) is 16.4 Å². The fourth-order valence-electron chi connectivity index (χ4n) is 3.09. The predicted octanol–water partition coefficient (Wildman–Crippen LogP) is 4.43. The summed E-state index contributed by atoms with van der Waals surface area (Å²) in [5.41, 5.74) is 3.20. The number of carbonyl (C=O) groups is 1. The molecule has 2 aromatic heterocycles. The molecule has 1 N–H and O–H groups in total. The lowest BCUT2D eigenvalue weighted by Gasteiger charge is -2.06. The van der Waals surface area contributed by atoms with Crippen LogP contribution in [0.2, 0.25) is 0 Å². The van der Waals surface area contributed by atoms with Crippen LogP contribution < -0.4 is 0 Å². The minimum Gasteiger partial charge on any atom is -0.360 e. The second kappa shape index (κ2) is 7.36. The molecule has 2 heterocycles. The van der Waals surface area contributed by atoms with Crippen LogP contribution in [0, 0.1) is 5.82 Å². The number of fused-ring (bicyclic) bond motifs is 1. The molecule has 0 saturated carbocycles. The number of H-pyrrole nitrogens is 1. The fourth-order valence-corrected chi connectivity index (χ4v) is 3.89. The van der Waals surface area contributed by atoms with Gasteiger partial charge in [-0.15, -0.1) is 10.2 Å².